The number of esters is 1. The number of aliphatic hydroxyl groups is 6. The van der Waals surface area contributed by atoms with Crippen molar-refractivity contribution in [3.63, 3.8) is 0 Å². The molecular weight excluding hydrogens is 2130 g/mol. The topological polar surface area (TPSA) is 509 Å². The van der Waals surface area contributed by atoms with Gasteiger partial charge >= 0.3 is 184 Å². The Bertz CT molecular complexity index is 4490. The van der Waals surface area contributed by atoms with Crippen molar-refractivity contribution in [2.45, 2.75) is 434 Å². The van der Waals surface area contributed by atoms with Gasteiger partial charge in [-0.3, -0.25) is 42.5 Å². The number of carbonyl (C=O) groups excluding carboxylic acids is 3. The third-order valence-corrected chi connectivity index (χ3v) is 42.3. The van der Waals surface area contributed by atoms with Crippen molar-refractivity contribution < 1.29 is 282 Å². The average molecular weight is 2350 g/mol. The number of carbonyl (C=O) groups is 6. The number of carboxylic acids is 3. The van der Waals surface area contributed by atoms with E-state index in [0.29, 0.717) is 109 Å². The summed E-state index contributed by atoms with van der Waals surface area (Å²) < 4.78 is 160. The minimum absolute atomic E-state index is 0. The van der Waals surface area contributed by atoms with Crippen molar-refractivity contribution in [1.82, 2.24) is 0 Å². The van der Waals surface area contributed by atoms with Crippen LogP contribution in [0.15, 0.2) is 0 Å². The number of aliphatic carboxylic acids is 3. The van der Waals surface area contributed by atoms with Crippen LogP contribution in [0, 0.1) is 209 Å². The maximum Gasteiger partial charge on any atom is 1.00 e. The number of methoxy groups -OCH3 is 1. The summed E-state index contributed by atoms with van der Waals surface area (Å²) in [5.74, 6) is 1.07. The van der Waals surface area contributed by atoms with Crippen LogP contribution in [0.25, 0.3) is 0 Å². The predicted octanol–water partition coefficient (Wildman–Crippen LogP) is 2.38. The Morgan fingerprint density at radius 2 is 0.727 bits per heavy atom. The summed E-state index contributed by atoms with van der Waals surface area (Å²) in [7, 11) is 13.1. The van der Waals surface area contributed by atoms with E-state index in [4.69, 9.17) is 73.6 Å². The van der Waals surface area contributed by atoms with E-state index in [2.05, 4.69) is 90.0 Å². The molecule has 16 fully saturated rings. The molecule has 0 aromatic heterocycles. The fourth-order valence-electron chi connectivity index (χ4n) is 36.4. The largest absolute Gasteiger partial charge is 1.00 e. The van der Waals surface area contributed by atoms with E-state index in [0.717, 1.165) is 173 Å². The molecule has 0 aromatic rings. The second-order valence-electron chi connectivity index (χ2n) is 47.1. The predicted molar refractivity (Wildman–Crippen MR) is 541 cm³/mol. The van der Waals surface area contributed by atoms with Gasteiger partial charge in [0.25, 0.3) is 0 Å². The zero-order chi connectivity index (χ0) is 114. The summed E-state index contributed by atoms with van der Waals surface area (Å²) in [6.45, 7) is 35.4. The van der Waals surface area contributed by atoms with E-state index in [1.165, 1.54) is 7.11 Å². The first-order chi connectivity index (χ1) is 68.8. The van der Waals surface area contributed by atoms with Crippen molar-refractivity contribution in [3.8, 4) is 0 Å². The smallest absolute Gasteiger partial charge is 0.870 e. The first kappa shape index (κ1) is 120. The number of fused-ring (bicyclic) bond motifs is 20. The number of aliphatic hydroxyl groups excluding tert-OH is 4. The van der Waals surface area contributed by atoms with E-state index in [9.17, 15) is 76.1 Å². The Morgan fingerprint density at radius 3 is 1.06 bits per heavy atom. The summed E-state index contributed by atoms with van der Waals surface area (Å²) in [5.41, 5.74) is 10.5. The second kappa shape index (κ2) is 61.5. The van der Waals surface area contributed by atoms with E-state index < -0.39 is 103 Å². The van der Waals surface area contributed by atoms with E-state index in [1.807, 2.05) is 27.7 Å². The Labute approximate surface area is 1000 Å². The van der Waals surface area contributed by atoms with E-state index in [-0.39, 0.29) is 353 Å². The molecule has 0 spiro atoms. The minimum atomic E-state index is -5.94. The average Bonchev–Trinajstić information content (AvgIpc) is 1.33. The van der Waals surface area contributed by atoms with Crippen LogP contribution < -0.4 is 152 Å². The van der Waals surface area contributed by atoms with Crippen molar-refractivity contribution in [2.75, 3.05) is 7.11 Å². The van der Waals surface area contributed by atoms with Crippen LogP contribution in [0.1, 0.15) is 412 Å². The molecule has 0 bridgehead atoms. The van der Waals surface area contributed by atoms with Crippen LogP contribution in [-0.4, -0.2) is 163 Å². The maximum atomic E-state index is 13.9. The molecule has 42 atom stereocenters. The molecule has 0 amide bonds. The fourth-order valence-corrected chi connectivity index (χ4v) is 36.4. The number of Topliss-reactive ketones (excluding diaryl/α,β-unsaturated/α-hetero) is 2. The summed E-state index contributed by atoms with van der Waals surface area (Å²) in [4.78, 5) is 72.4. The molecule has 823 valence electrons. The molecule has 0 saturated heterocycles. The zero-order valence-corrected chi connectivity index (χ0v) is 102. The van der Waals surface area contributed by atoms with Gasteiger partial charge < -0.3 is 72.6 Å². The van der Waals surface area contributed by atoms with Gasteiger partial charge in [-0.25, -0.2) is 5.34 Å². The van der Waals surface area contributed by atoms with Crippen LogP contribution in [0.5, 0.6) is 0 Å². The number of rotatable bonds is 20. The number of halogens is 4. The van der Waals surface area contributed by atoms with Crippen molar-refractivity contribution in [3.05, 3.63) is 0 Å². The number of hydrogen-bond acceptors (Lipinski definition) is 19. The molecule has 34 heteroatoms. The van der Waals surface area contributed by atoms with Gasteiger partial charge in [-0.15, -0.1) is 1.43 Å². The molecule has 0 aliphatic heterocycles. The molecule has 16 aliphatic rings. The van der Waals surface area contributed by atoms with Gasteiger partial charge in [0.05, 0.1) is 46.4 Å². The number of ether oxygens (including phenoxy) is 1. The van der Waals surface area contributed by atoms with Crippen LogP contribution >= 0.6 is 29.1 Å². The van der Waals surface area contributed by atoms with Crippen LogP contribution in [0.3, 0.4) is 0 Å². The summed E-state index contributed by atoms with van der Waals surface area (Å²) in [6.07, 6.45) is 16.0. The maximum absolute atomic E-state index is 13.9. The molecule has 16 saturated carbocycles. The van der Waals surface area contributed by atoms with Crippen LogP contribution in [0.2, 0.25) is 0 Å². The van der Waals surface area contributed by atoms with Crippen molar-refractivity contribution in [1.29, 1.82) is 8.21 Å². The molecule has 0 radical (unpaired) electrons. The van der Waals surface area contributed by atoms with Gasteiger partial charge in [0.15, 0.2) is 0 Å². The Balaban J connectivity index is -0.00000191. The number of hydrogen-bond donors (Lipinski definition) is 9. The monoisotopic (exact) mass is 2350 g/mol. The minimum Gasteiger partial charge on any atom is -0.870 e. The molecule has 12 unspecified atom stereocenters. The summed E-state index contributed by atoms with van der Waals surface area (Å²) in [6, 6.07) is 0. The quantitative estimate of drug-likeness (QED) is 0.0480. The summed E-state index contributed by atoms with van der Waals surface area (Å²) >= 11 is -7.69. The van der Waals surface area contributed by atoms with Gasteiger partial charge in [0.1, 0.15) is 31.7 Å². The molecular formula is C109H200BCl3INa4O24Ru. The Kier molecular flexibility index (Phi) is 51.6. The second-order valence-corrected chi connectivity index (χ2v) is 57.2. The van der Waals surface area contributed by atoms with Gasteiger partial charge in [-0.1, -0.05) is 168 Å². The van der Waals surface area contributed by atoms with Gasteiger partial charge in [0.2, 0.25) is 2.86 Å². The Morgan fingerprint density at radius 1 is 0.455 bits per heavy atom. The third-order valence-electron chi connectivity index (χ3n) is 42.3. The molecule has 143 heavy (non-hydrogen) atoms. The van der Waals surface area contributed by atoms with Crippen LogP contribution in [-0.2, 0) is 46.5 Å². The number of carboxylic acid groups (broad SMARTS) is 3. The van der Waals surface area contributed by atoms with Gasteiger partial charge in [0, 0.05) is 61.1 Å². The Hall–Kier alpha value is 2.95. The van der Waals surface area contributed by atoms with E-state index in [1.54, 1.807) is 0 Å². The molecule has 15 N–H and O–H groups in total. The van der Waals surface area contributed by atoms with Crippen LogP contribution in [0.4, 0.5) is 0 Å². The first-order valence-electron chi connectivity index (χ1n) is 59.2. The normalized spacial score (nSPS) is 46.1. The molecule has 16 aliphatic carbocycles. The van der Waals surface area contributed by atoms with Gasteiger partial charge in [-0.05, 0) is 396 Å². The van der Waals surface area contributed by atoms with Gasteiger partial charge in [-0.2, -0.15) is 0 Å². The van der Waals surface area contributed by atoms with Crippen molar-refractivity contribution >= 4 is 72.8 Å². The summed E-state index contributed by atoms with van der Waals surface area (Å²) in [5, 5.41) is 94.8. The third kappa shape index (κ3) is 31.0. The molecule has 24 nitrogen and oxygen atoms in total. The SMILES string of the molecule is C.C.C.C.O.[2H]C([2H])(C[C@@H](C)[C@H]1CCC2C3C(=O)[C@H](CC)[C@@H]4CC(=O)CC[C@]4(C)C3CC[C@@]21C)C(=O)O.[2H]C([2H])(C[C@@H](C)[C@H]1CCC2C3C(CC[C@@]21C)[C@@]1(C)CC[C@@H](O)C[C@H]1[C@@H](CC)[C@H]3O)C(=O)O.[2H]C([2H])(C[C@@H](C)[C@H]1CCC2C3C(CC[C@@]21C)[C@@]1(C)CC[C@@H](O)C[C@H]1[C@@H](CC)[C@H]3O)C(=O)OC.[2H]C([2H])(C[C@@H](C)[C@H]1CCC2C3C(CC[C@@]21C)[C@@]1(C)CC[C@@]([2H])(O)C[C@H]1[C@@H](CC)[C@@]3([2H])O)C(=O)O.[2H]O[2H].[2H][B-]([2H])([2H])[2H].[2H][O-].[Cl][Ru]([Cl])[Cl].[Na+].[Na+].[Na+].[Na+].[O-][I+3]([O-])([O-])[O-].[OH-]. The zero-order valence-electron chi connectivity index (χ0n) is 105. The fraction of sp³-hybridized carbons (Fsp3) is 0.945. The van der Waals surface area contributed by atoms with E-state index >= 15 is 0 Å². The molecule has 0 aromatic carbocycles. The molecule has 16 rings (SSSR count). The first-order valence-corrected chi connectivity index (χ1v) is 60.9. The standard InChI is InChI=1S/C27H46O4.2C26H44O4.C26H40O4.4CH4.BH4.3ClH.IO4.4Na.4H2O.Ru/c1-6-18-22-15-17(28)11-13-27(22,4)21-12-14-26(3)19(16(2)7-10-23(29)31-5)8-9-20(26)24(21)25(18)30;3*1-5-17-21-14-16(27)10-12-26(21,4)20-11-13-25(3)18(15(2)6-9-22(28)29)7-8-19(25)23(20)24(17)30;;;;;;;;;2-1(3,4)5;;;;;;;;;/h16-22,24-25,28,30H,6-15H2,1-5H3;2*15-21,23-24,27,30H,5-14H2,1-4H3,(H,28,29);15,17-21,23H,5-14H2,1-4H3,(H,28,29);5*1H4;3*1H;;;;;;4*1H2;/q;;;;;;;;-1;;;;-1;4*+1;;;;;+3/p-5/t16-,17-,18-,19-,20?,21?,22+,24?,25-,26-,27-;2*15-,16-,17-,18-,19?,20?,21+,23?,24-,25-,26-;15-,17-,18-,19?,20?,21+,23?,25-,26-;;;;;;;;;;;;;;;;;;/m1111................../s1/i10D2;9D2,16D,24D;2*9D2;;;;;1D4;;;;;;;;;;;;;/hD3. The number of ketones is 2. The molecule has 0 heterocycles. The van der Waals surface area contributed by atoms with Crippen molar-refractivity contribution in [2.24, 2.45) is 209 Å².